The van der Waals surface area contributed by atoms with Crippen molar-refractivity contribution in [1.82, 2.24) is 9.13 Å². The molecule has 0 aliphatic carbocycles. The minimum atomic E-state index is 0.503. The average Bonchev–Trinajstić information content (AvgIpc) is 2.71. The van der Waals surface area contributed by atoms with E-state index in [-0.39, 0.29) is 0 Å². The van der Waals surface area contributed by atoms with Crippen LogP contribution in [0.1, 0.15) is 33.4 Å². The van der Waals surface area contributed by atoms with E-state index in [9.17, 15) is 0 Å². The van der Waals surface area contributed by atoms with Crippen LogP contribution in [-0.2, 0) is 18.7 Å². The first-order chi connectivity index (χ1) is 12.1. The van der Waals surface area contributed by atoms with E-state index >= 15 is 0 Å². The Morgan fingerprint density at radius 3 is 1.15 bits per heavy atom. The molecule has 0 N–H and O–H groups in total. The van der Waals surface area contributed by atoms with Gasteiger partial charge in [-0.05, 0) is 0 Å². The fraction of sp³-hybridized carbons (Fsp3) is 0.286. The van der Waals surface area contributed by atoms with Crippen molar-refractivity contribution < 1.29 is 18.7 Å². The second-order valence-corrected chi connectivity index (χ2v) is 8.40. The van der Waals surface area contributed by atoms with Crippen molar-refractivity contribution in [3.05, 3.63) is 71.8 Å². The van der Waals surface area contributed by atoms with E-state index in [2.05, 4.69) is 84.6 Å². The molecule has 0 saturated carbocycles. The number of nitrogens with zero attached hydrogens (tertiary/aromatic N) is 2. The van der Waals surface area contributed by atoms with Crippen LogP contribution in [-0.4, -0.2) is 9.13 Å². The molecule has 5 heteroatoms. The van der Waals surface area contributed by atoms with Crippen LogP contribution in [0.25, 0.3) is 11.4 Å². The van der Waals surface area contributed by atoms with Gasteiger partial charge in [0.15, 0.2) is 0 Å². The molecule has 0 spiro atoms. The van der Waals surface area contributed by atoms with E-state index in [4.69, 9.17) is 23.2 Å². The van der Waals surface area contributed by atoms with Crippen LogP contribution in [0.4, 0.5) is 0 Å². The Morgan fingerprint density at radius 1 is 0.615 bits per heavy atom. The third-order valence-corrected chi connectivity index (χ3v) is 6.11. The molecule has 0 aliphatic heterocycles. The van der Waals surface area contributed by atoms with Crippen molar-refractivity contribution in [2.45, 2.75) is 41.5 Å². The molecule has 3 aromatic rings. The molecule has 2 aromatic carbocycles. The molecule has 0 aliphatic rings. The number of hydrogen-bond acceptors (Lipinski definition) is 0. The predicted molar refractivity (Wildman–Crippen MR) is 107 cm³/mol. The average molecular weight is 480 g/mol. The molecule has 0 radical (unpaired) electrons. The summed E-state index contributed by atoms with van der Waals surface area (Å²) >= 11 is 16.8. The van der Waals surface area contributed by atoms with Crippen LogP contribution in [0.5, 0.6) is 0 Å². The Labute approximate surface area is 175 Å². The zero-order valence-corrected chi connectivity index (χ0v) is 18.8. The predicted octanol–water partition coefficient (Wildman–Crippen LogP) is 6.50. The van der Waals surface area contributed by atoms with Gasteiger partial charge in [0.25, 0.3) is 0 Å². The van der Waals surface area contributed by atoms with E-state index in [1.54, 1.807) is 0 Å². The molecule has 140 valence electrons. The number of hydrogen-bond donors (Lipinski definition) is 0. The summed E-state index contributed by atoms with van der Waals surface area (Å²) in [6, 6.07) is 8.65. The fourth-order valence-electron chi connectivity index (χ4n) is 3.85. The Balaban J connectivity index is 2.39. The van der Waals surface area contributed by atoms with Crippen molar-refractivity contribution in [2.24, 2.45) is 0 Å². The quantitative estimate of drug-likeness (QED) is 0.371. The van der Waals surface area contributed by atoms with Crippen LogP contribution >= 0.6 is 23.2 Å². The van der Waals surface area contributed by atoms with E-state index in [0.29, 0.717) is 10.3 Å². The standard InChI is InChI=1S/C21H22Cl2N2.Pd/c1-12-7-14(3)18(15(4)8-12)24-11-25(21(23)20(24)22)19-16(5)9-13(2)10-17(19)6;/h7-10H,1-6H3;. The van der Waals surface area contributed by atoms with Crippen molar-refractivity contribution >= 4 is 23.2 Å². The summed E-state index contributed by atoms with van der Waals surface area (Å²) in [5, 5.41) is 1.01. The zero-order chi connectivity index (χ0) is 19.3. The molecule has 0 bridgehead atoms. The van der Waals surface area contributed by atoms with Crippen molar-refractivity contribution in [1.29, 1.82) is 0 Å². The molecule has 0 atom stereocenters. The second-order valence-electron chi connectivity index (χ2n) is 6.99. The summed E-state index contributed by atoms with van der Waals surface area (Å²) in [6.45, 7) is 12.6. The summed E-state index contributed by atoms with van der Waals surface area (Å²) in [5.41, 5.74) is 9.23. The third-order valence-electron chi connectivity index (χ3n) is 4.62. The van der Waals surface area contributed by atoms with Gasteiger partial charge in [-0.2, -0.15) is 0 Å². The SMILES string of the molecule is Cc1cc(C)c(-n2c(Cl)c(Cl)n(-c3c(C)cc(C)cc3C)[c]2=[Pd])c(C)c1. The summed E-state index contributed by atoms with van der Waals surface area (Å²) in [6.07, 6.45) is 0. The summed E-state index contributed by atoms with van der Waals surface area (Å²) in [4.78, 5) is 0. The number of rotatable bonds is 2. The Hall–Kier alpha value is -1.11. The molecule has 3 rings (SSSR count). The first-order valence-corrected chi connectivity index (χ1v) is 9.97. The van der Waals surface area contributed by atoms with Crippen molar-refractivity contribution in [3.8, 4) is 11.4 Å². The monoisotopic (exact) mass is 478 g/mol. The maximum atomic E-state index is 6.71. The van der Waals surface area contributed by atoms with Crippen LogP contribution in [0.15, 0.2) is 24.3 Å². The van der Waals surface area contributed by atoms with Gasteiger partial charge >= 0.3 is 176 Å². The molecule has 1 aromatic heterocycles. The van der Waals surface area contributed by atoms with Gasteiger partial charge < -0.3 is 0 Å². The van der Waals surface area contributed by atoms with E-state index in [0.717, 1.165) is 37.5 Å². The number of aromatic nitrogens is 2. The van der Waals surface area contributed by atoms with Crippen molar-refractivity contribution in [2.75, 3.05) is 0 Å². The second kappa shape index (κ2) is 7.13. The van der Waals surface area contributed by atoms with Crippen LogP contribution in [0, 0.1) is 45.4 Å². The number of imidazole rings is 1. The molecule has 0 unspecified atom stereocenters. The molecule has 0 fully saturated rings. The molecule has 2 nitrogen and oxygen atoms in total. The van der Waals surface area contributed by atoms with Crippen LogP contribution in [0.3, 0.4) is 0 Å². The van der Waals surface area contributed by atoms with Gasteiger partial charge in [-0.1, -0.05) is 0 Å². The summed E-state index contributed by atoms with van der Waals surface area (Å²) in [5.74, 6) is 0. The van der Waals surface area contributed by atoms with Gasteiger partial charge in [0, 0.05) is 0 Å². The minimum absolute atomic E-state index is 0.503. The zero-order valence-electron chi connectivity index (χ0n) is 15.8. The summed E-state index contributed by atoms with van der Waals surface area (Å²) < 4.78 is 4.83. The Morgan fingerprint density at radius 2 is 0.885 bits per heavy atom. The molecular formula is C21H22Cl2N2Pd. The first-order valence-electron chi connectivity index (χ1n) is 8.44. The number of halogens is 2. The van der Waals surface area contributed by atoms with Gasteiger partial charge in [0.1, 0.15) is 0 Å². The maximum absolute atomic E-state index is 6.71. The van der Waals surface area contributed by atoms with Gasteiger partial charge in [-0.15, -0.1) is 0 Å². The van der Waals surface area contributed by atoms with Crippen LogP contribution in [0.2, 0.25) is 10.3 Å². The fourth-order valence-corrected chi connectivity index (χ4v) is 5.23. The number of benzene rings is 2. The van der Waals surface area contributed by atoms with Crippen LogP contribution < -0.4 is 0 Å². The molecule has 0 amide bonds. The van der Waals surface area contributed by atoms with Gasteiger partial charge in [0.2, 0.25) is 0 Å². The molecule has 26 heavy (non-hydrogen) atoms. The normalized spacial score (nSPS) is 11.3. The van der Waals surface area contributed by atoms with Gasteiger partial charge in [-0.3, -0.25) is 0 Å². The van der Waals surface area contributed by atoms with Gasteiger partial charge in [0.05, 0.1) is 0 Å². The van der Waals surface area contributed by atoms with E-state index in [1.807, 2.05) is 9.13 Å². The molecule has 0 saturated heterocycles. The topological polar surface area (TPSA) is 9.86 Å². The van der Waals surface area contributed by atoms with E-state index in [1.165, 1.54) is 11.1 Å². The Bertz CT molecular complexity index is 960. The Kier molecular flexibility index (Phi) is 5.39. The number of aryl methyl sites for hydroxylation is 6. The third kappa shape index (κ3) is 3.16. The molecular weight excluding hydrogens is 458 g/mol. The van der Waals surface area contributed by atoms with Gasteiger partial charge in [-0.25, -0.2) is 0 Å². The molecule has 1 heterocycles. The first kappa shape index (κ1) is 19.6. The summed E-state index contributed by atoms with van der Waals surface area (Å²) in [7, 11) is 0. The van der Waals surface area contributed by atoms with E-state index < -0.39 is 0 Å². The van der Waals surface area contributed by atoms with Crippen molar-refractivity contribution in [3.63, 3.8) is 0 Å².